The summed E-state index contributed by atoms with van der Waals surface area (Å²) in [5, 5.41) is 6.94. The number of anilines is 3. The number of ether oxygens (including phenoxy) is 2. The van der Waals surface area contributed by atoms with Gasteiger partial charge in [0, 0.05) is 40.4 Å². The molecule has 0 unspecified atom stereocenters. The summed E-state index contributed by atoms with van der Waals surface area (Å²) in [6.07, 6.45) is 3.22. The Kier molecular flexibility index (Phi) is 5.21. The number of carbonyl (C=O) groups excluding carboxylic acids is 1. The lowest BCUT2D eigenvalue weighted by Gasteiger charge is -2.28. The quantitative estimate of drug-likeness (QED) is 0.816. The molecule has 0 aliphatic carbocycles. The van der Waals surface area contributed by atoms with Crippen LogP contribution in [0, 0.1) is 0 Å². The zero-order chi connectivity index (χ0) is 18.7. The number of aryl methyl sites for hydroxylation is 1. The number of nitrogens with zero attached hydrogens (tertiary/aromatic N) is 6. The van der Waals surface area contributed by atoms with Crippen LogP contribution in [0.4, 0.5) is 17.5 Å². The second kappa shape index (κ2) is 7.56. The van der Waals surface area contributed by atoms with E-state index in [1.54, 1.807) is 19.4 Å². The van der Waals surface area contributed by atoms with Gasteiger partial charge in [-0.2, -0.15) is 4.98 Å². The molecule has 2 aromatic rings. The Labute approximate surface area is 151 Å². The first-order chi connectivity index (χ1) is 12.5. The fourth-order valence-corrected chi connectivity index (χ4v) is 2.67. The Balaban J connectivity index is 1.85. The molecule has 10 heteroatoms. The predicted octanol–water partition coefficient (Wildman–Crippen LogP) is 0.374. The highest BCUT2D eigenvalue weighted by Gasteiger charge is 2.21. The summed E-state index contributed by atoms with van der Waals surface area (Å²) in [7, 11) is 6.94. The molecule has 1 fully saturated rings. The van der Waals surface area contributed by atoms with E-state index in [4.69, 9.17) is 9.47 Å². The fourth-order valence-electron chi connectivity index (χ4n) is 2.67. The van der Waals surface area contributed by atoms with Gasteiger partial charge in [0.05, 0.1) is 26.5 Å². The number of hydrogen-bond donors (Lipinski definition) is 1. The number of morpholine rings is 1. The molecule has 0 bridgehead atoms. The van der Waals surface area contributed by atoms with Crippen LogP contribution in [0.1, 0.15) is 10.4 Å². The van der Waals surface area contributed by atoms with Gasteiger partial charge in [-0.05, 0) is 0 Å². The molecule has 0 aromatic carbocycles. The monoisotopic (exact) mass is 361 g/mol. The van der Waals surface area contributed by atoms with Crippen LogP contribution < -0.4 is 19.9 Å². The van der Waals surface area contributed by atoms with Crippen LogP contribution in [0.3, 0.4) is 0 Å². The number of methoxy groups -OCH3 is 1. The lowest BCUT2D eigenvalue weighted by Crippen LogP contribution is -2.37. The maximum Gasteiger partial charge on any atom is 0.262 e. The molecule has 0 spiro atoms. The van der Waals surface area contributed by atoms with Crippen molar-refractivity contribution in [2.24, 2.45) is 7.05 Å². The van der Waals surface area contributed by atoms with Crippen molar-refractivity contribution < 1.29 is 14.3 Å². The van der Waals surface area contributed by atoms with Gasteiger partial charge in [-0.15, -0.1) is 5.10 Å². The van der Waals surface area contributed by atoms with Crippen molar-refractivity contribution in [3.05, 3.63) is 18.0 Å². The van der Waals surface area contributed by atoms with Gasteiger partial charge in [0.2, 0.25) is 11.8 Å². The van der Waals surface area contributed by atoms with Crippen LogP contribution >= 0.6 is 0 Å². The van der Waals surface area contributed by atoms with E-state index in [1.807, 2.05) is 19.0 Å². The van der Waals surface area contributed by atoms with Crippen molar-refractivity contribution >= 4 is 23.4 Å². The zero-order valence-electron chi connectivity index (χ0n) is 15.4. The van der Waals surface area contributed by atoms with Gasteiger partial charge in [0.1, 0.15) is 11.3 Å². The van der Waals surface area contributed by atoms with Crippen molar-refractivity contribution in [2.45, 2.75) is 0 Å². The van der Waals surface area contributed by atoms with Crippen molar-refractivity contribution in [3.63, 3.8) is 0 Å². The molecule has 1 saturated heterocycles. The molecule has 26 heavy (non-hydrogen) atoms. The molecule has 10 nitrogen and oxygen atoms in total. The third-order valence-electron chi connectivity index (χ3n) is 3.95. The summed E-state index contributed by atoms with van der Waals surface area (Å²) in [6, 6.07) is 0. The average molecular weight is 361 g/mol. The lowest BCUT2D eigenvalue weighted by molar-refractivity contribution is 0.102. The van der Waals surface area contributed by atoms with Gasteiger partial charge in [0.25, 0.3) is 5.91 Å². The highest BCUT2D eigenvalue weighted by atomic mass is 16.5. The number of aromatic nitrogens is 4. The Hall–Kier alpha value is -2.88. The second-order valence-corrected chi connectivity index (χ2v) is 6.08. The van der Waals surface area contributed by atoms with Crippen LogP contribution in [0.2, 0.25) is 0 Å². The standard InChI is InChI=1S/C16H23N7O3/c1-21(2)13-12(9-17-16(19-13)23-5-7-26-8-6-23)18-14(24)11-10-22(3)20-15(11)25-4/h9-10H,5-8H2,1-4H3,(H,18,24). The molecule has 0 atom stereocenters. The summed E-state index contributed by atoms with van der Waals surface area (Å²) in [5.74, 6) is 1.18. The second-order valence-electron chi connectivity index (χ2n) is 6.08. The van der Waals surface area contributed by atoms with E-state index >= 15 is 0 Å². The summed E-state index contributed by atoms with van der Waals surface area (Å²) in [6.45, 7) is 2.79. The third-order valence-corrected chi connectivity index (χ3v) is 3.95. The van der Waals surface area contributed by atoms with Crippen LogP contribution in [-0.4, -0.2) is 73.2 Å². The molecule has 140 valence electrons. The normalized spacial score (nSPS) is 14.2. The molecule has 1 aliphatic heterocycles. The van der Waals surface area contributed by atoms with Gasteiger partial charge in [-0.3, -0.25) is 9.48 Å². The van der Waals surface area contributed by atoms with Crippen LogP contribution in [0.25, 0.3) is 0 Å². The largest absolute Gasteiger partial charge is 0.479 e. The molecule has 3 heterocycles. The topological polar surface area (TPSA) is 97.6 Å². The maximum absolute atomic E-state index is 12.6. The minimum atomic E-state index is -0.333. The molecular formula is C16H23N7O3. The Morgan fingerprint density at radius 1 is 1.35 bits per heavy atom. The summed E-state index contributed by atoms with van der Waals surface area (Å²) in [4.78, 5) is 25.5. The number of hydrogen-bond acceptors (Lipinski definition) is 8. The molecule has 0 saturated carbocycles. The van der Waals surface area contributed by atoms with E-state index < -0.39 is 0 Å². The Morgan fingerprint density at radius 3 is 2.73 bits per heavy atom. The van der Waals surface area contributed by atoms with Gasteiger partial charge in [-0.25, -0.2) is 4.98 Å². The molecule has 0 radical (unpaired) electrons. The van der Waals surface area contributed by atoms with E-state index in [0.717, 1.165) is 13.1 Å². The van der Waals surface area contributed by atoms with Crippen molar-refractivity contribution in [2.75, 3.05) is 62.6 Å². The van der Waals surface area contributed by atoms with Gasteiger partial charge in [0.15, 0.2) is 5.82 Å². The van der Waals surface area contributed by atoms with Gasteiger partial charge < -0.3 is 24.6 Å². The highest BCUT2D eigenvalue weighted by molar-refractivity contribution is 6.07. The predicted molar refractivity (Wildman–Crippen MR) is 97.1 cm³/mol. The van der Waals surface area contributed by atoms with Crippen molar-refractivity contribution in [3.8, 4) is 5.88 Å². The fraction of sp³-hybridized carbons (Fsp3) is 0.500. The molecule has 3 rings (SSSR count). The Morgan fingerprint density at radius 2 is 2.08 bits per heavy atom. The van der Waals surface area contributed by atoms with Crippen molar-refractivity contribution in [1.82, 2.24) is 19.7 Å². The Bertz CT molecular complexity index is 784. The van der Waals surface area contributed by atoms with Crippen LogP contribution in [0.15, 0.2) is 12.4 Å². The summed E-state index contributed by atoms with van der Waals surface area (Å²) >= 11 is 0. The summed E-state index contributed by atoms with van der Waals surface area (Å²) in [5.41, 5.74) is 0.861. The number of amides is 1. The first kappa shape index (κ1) is 17.9. The van der Waals surface area contributed by atoms with E-state index in [2.05, 4.69) is 25.3 Å². The third kappa shape index (κ3) is 3.69. The van der Waals surface area contributed by atoms with E-state index in [1.165, 1.54) is 11.8 Å². The number of nitrogens with one attached hydrogen (secondary N) is 1. The lowest BCUT2D eigenvalue weighted by atomic mass is 10.3. The van der Waals surface area contributed by atoms with E-state index in [0.29, 0.717) is 36.2 Å². The minimum absolute atomic E-state index is 0.266. The molecule has 1 aliphatic rings. The number of carbonyl (C=O) groups is 1. The first-order valence-corrected chi connectivity index (χ1v) is 8.25. The van der Waals surface area contributed by atoms with Crippen LogP contribution in [-0.2, 0) is 11.8 Å². The van der Waals surface area contributed by atoms with Crippen LogP contribution in [0.5, 0.6) is 5.88 Å². The number of rotatable bonds is 5. The van der Waals surface area contributed by atoms with Gasteiger partial charge >= 0.3 is 0 Å². The first-order valence-electron chi connectivity index (χ1n) is 8.25. The van der Waals surface area contributed by atoms with E-state index in [-0.39, 0.29) is 11.8 Å². The SMILES string of the molecule is COc1nn(C)cc1C(=O)Nc1cnc(N2CCOCC2)nc1N(C)C. The summed E-state index contributed by atoms with van der Waals surface area (Å²) < 4.78 is 12.0. The minimum Gasteiger partial charge on any atom is -0.479 e. The molecule has 2 aromatic heterocycles. The highest BCUT2D eigenvalue weighted by Crippen LogP contribution is 2.25. The molecule has 1 N–H and O–H groups in total. The van der Waals surface area contributed by atoms with Crippen molar-refractivity contribution in [1.29, 1.82) is 0 Å². The maximum atomic E-state index is 12.6. The smallest absolute Gasteiger partial charge is 0.262 e. The molecular weight excluding hydrogens is 338 g/mol. The van der Waals surface area contributed by atoms with Gasteiger partial charge in [-0.1, -0.05) is 0 Å². The average Bonchev–Trinajstić information content (AvgIpc) is 3.03. The zero-order valence-corrected chi connectivity index (χ0v) is 15.4. The molecule has 1 amide bonds. The van der Waals surface area contributed by atoms with E-state index in [9.17, 15) is 4.79 Å².